The molecule has 0 aromatic heterocycles. The number of aryl methyl sites for hydroxylation is 1. The molecule has 1 heterocycles. The normalized spacial score (nSPS) is 14.3. The van der Waals surface area contributed by atoms with E-state index in [0.29, 0.717) is 24.3 Å². The maximum Gasteiger partial charge on any atom is 0.222 e. The number of benzene rings is 3. The van der Waals surface area contributed by atoms with E-state index >= 15 is 0 Å². The topological polar surface area (TPSA) is 42.0 Å². The van der Waals surface area contributed by atoms with E-state index in [-0.39, 0.29) is 11.9 Å². The summed E-state index contributed by atoms with van der Waals surface area (Å²) in [6, 6.07) is 27.3. The van der Waals surface area contributed by atoms with Crippen LogP contribution in [0.15, 0.2) is 78.9 Å². The second-order valence-corrected chi connectivity index (χ2v) is 8.29. The lowest BCUT2D eigenvalue weighted by atomic mass is 9.96. The van der Waals surface area contributed by atoms with Gasteiger partial charge in [0.05, 0.1) is 20.3 Å². The van der Waals surface area contributed by atoms with Gasteiger partial charge in [0, 0.05) is 32.6 Å². The summed E-state index contributed by atoms with van der Waals surface area (Å²) >= 11 is 0. The van der Waals surface area contributed by atoms with Crippen molar-refractivity contribution >= 4 is 5.91 Å². The number of carbonyl (C=O) groups is 1. The summed E-state index contributed by atoms with van der Waals surface area (Å²) in [6.07, 6.45) is 1.10. The van der Waals surface area contributed by atoms with E-state index < -0.39 is 0 Å². The van der Waals surface area contributed by atoms with Crippen molar-refractivity contribution < 1.29 is 14.3 Å². The van der Waals surface area contributed by atoms with Crippen LogP contribution in [0.4, 0.5) is 0 Å². The Labute approximate surface area is 196 Å². The van der Waals surface area contributed by atoms with Crippen LogP contribution in [-0.2, 0) is 11.2 Å². The summed E-state index contributed by atoms with van der Waals surface area (Å²) < 4.78 is 10.9. The van der Waals surface area contributed by atoms with Gasteiger partial charge in [0.1, 0.15) is 0 Å². The highest BCUT2D eigenvalue weighted by atomic mass is 16.5. The van der Waals surface area contributed by atoms with E-state index in [9.17, 15) is 4.79 Å². The fraction of sp³-hybridized carbons (Fsp3) is 0.321. The second kappa shape index (κ2) is 11.0. The summed E-state index contributed by atoms with van der Waals surface area (Å²) in [5.41, 5.74) is 3.57. The lowest BCUT2D eigenvalue weighted by molar-refractivity contribution is -0.133. The first kappa shape index (κ1) is 22.9. The quantitative estimate of drug-likeness (QED) is 0.510. The molecular formula is C28H32N2O3. The molecule has 3 aromatic carbocycles. The predicted octanol–water partition coefficient (Wildman–Crippen LogP) is 4.57. The molecule has 0 bridgehead atoms. The molecule has 1 saturated heterocycles. The van der Waals surface area contributed by atoms with Crippen molar-refractivity contribution in [2.75, 3.05) is 40.4 Å². The number of ether oxygens (including phenoxy) is 2. The Morgan fingerprint density at radius 2 is 1.39 bits per heavy atom. The first-order valence-corrected chi connectivity index (χ1v) is 11.5. The van der Waals surface area contributed by atoms with Gasteiger partial charge in [-0.25, -0.2) is 0 Å². The standard InChI is InChI=1S/C28H32N2O3/c1-32-25-15-9-14-24(28(25)33-2)16-17-26(31)29-18-20-30(21-19-29)27(22-10-5-3-6-11-22)23-12-7-4-8-13-23/h3-15,27H,16-21H2,1-2H3. The Morgan fingerprint density at radius 3 is 1.94 bits per heavy atom. The molecule has 0 aliphatic carbocycles. The maximum atomic E-state index is 13.0. The van der Waals surface area contributed by atoms with Crippen LogP contribution in [0.3, 0.4) is 0 Å². The van der Waals surface area contributed by atoms with Gasteiger partial charge in [-0.05, 0) is 29.2 Å². The molecule has 1 amide bonds. The maximum absolute atomic E-state index is 13.0. The van der Waals surface area contributed by atoms with Crippen molar-refractivity contribution in [3.63, 3.8) is 0 Å². The lowest BCUT2D eigenvalue weighted by Gasteiger charge is -2.40. The first-order chi connectivity index (χ1) is 16.2. The summed E-state index contributed by atoms with van der Waals surface area (Å²) in [5, 5.41) is 0. The van der Waals surface area contributed by atoms with Crippen LogP contribution in [0.5, 0.6) is 11.5 Å². The highest BCUT2D eigenvalue weighted by Crippen LogP contribution is 2.32. The first-order valence-electron chi connectivity index (χ1n) is 11.5. The molecule has 5 nitrogen and oxygen atoms in total. The van der Waals surface area contributed by atoms with Gasteiger partial charge in [0.25, 0.3) is 0 Å². The van der Waals surface area contributed by atoms with Crippen LogP contribution < -0.4 is 9.47 Å². The Kier molecular flexibility index (Phi) is 7.63. The molecule has 0 unspecified atom stereocenters. The number of nitrogens with zero attached hydrogens (tertiary/aromatic N) is 2. The molecule has 1 aliphatic heterocycles. The van der Waals surface area contributed by atoms with E-state index in [4.69, 9.17) is 9.47 Å². The fourth-order valence-electron chi connectivity index (χ4n) is 4.66. The highest BCUT2D eigenvalue weighted by Gasteiger charge is 2.28. The van der Waals surface area contributed by atoms with Gasteiger partial charge in [0.2, 0.25) is 5.91 Å². The number of para-hydroxylation sites is 1. The summed E-state index contributed by atoms with van der Waals surface area (Å²) in [6.45, 7) is 3.18. The second-order valence-electron chi connectivity index (χ2n) is 8.29. The highest BCUT2D eigenvalue weighted by molar-refractivity contribution is 5.76. The third-order valence-corrected chi connectivity index (χ3v) is 6.36. The summed E-state index contributed by atoms with van der Waals surface area (Å²) in [5.74, 6) is 1.60. The number of hydrogen-bond acceptors (Lipinski definition) is 4. The zero-order valence-corrected chi connectivity index (χ0v) is 19.4. The van der Waals surface area contributed by atoms with Gasteiger partial charge in [0.15, 0.2) is 11.5 Å². The molecule has 0 radical (unpaired) electrons. The number of rotatable bonds is 8. The van der Waals surface area contributed by atoms with Crippen LogP contribution >= 0.6 is 0 Å². The van der Waals surface area contributed by atoms with Crippen molar-refractivity contribution in [1.82, 2.24) is 9.80 Å². The van der Waals surface area contributed by atoms with E-state index in [1.807, 2.05) is 23.1 Å². The molecule has 5 heteroatoms. The van der Waals surface area contributed by atoms with Gasteiger partial charge >= 0.3 is 0 Å². The van der Waals surface area contributed by atoms with Gasteiger partial charge in [-0.3, -0.25) is 9.69 Å². The van der Waals surface area contributed by atoms with Gasteiger partial charge in [-0.2, -0.15) is 0 Å². The molecule has 0 spiro atoms. The van der Waals surface area contributed by atoms with Crippen molar-refractivity contribution in [2.24, 2.45) is 0 Å². The zero-order chi connectivity index (χ0) is 23.0. The predicted molar refractivity (Wildman–Crippen MR) is 131 cm³/mol. The average molecular weight is 445 g/mol. The number of amides is 1. The SMILES string of the molecule is COc1cccc(CCC(=O)N2CCN(C(c3ccccc3)c3ccccc3)CC2)c1OC. The number of methoxy groups -OCH3 is 2. The Hall–Kier alpha value is -3.31. The summed E-state index contributed by atoms with van der Waals surface area (Å²) in [7, 11) is 3.27. The van der Waals surface area contributed by atoms with Crippen LogP contribution in [0.2, 0.25) is 0 Å². The van der Waals surface area contributed by atoms with Crippen LogP contribution in [-0.4, -0.2) is 56.1 Å². The van der Waals surface area contributed by atoms with E-state index in [1.165, 1.54) is 11.1 Å². The van der Waals surface area contributed by atoms with Crippen LogP contribution in [0, 0.1) is 0 Å². The molecule has 0 N–H and O–H groups in total. The number of carbonyl (C=O) groups excluding carboxylic acids is 1. The van der Waals surface area contributed by atoms with E-state index in [0.717, 1.165) is 31.7 Å². The smallest absolute Gasteiger partial charge is 0.222 e. The minimum absolute atomic E-state index is 0.190. The van der Waals surface area contributed by atoms with E-state index in [2.05, 4.69) is 65.6 Å². The van der Waals surface area contributed by atoms with Gasteiger partial charge < -0.3 is 14.4 Å². The molecule has 3 aromatic rings. The molecular weight excluding hydrogens is 412 g/mol. The summed E-state index contributed by atoms with van der Waals surface area (Å²) in [4.78, 5) is 17.5. The van der Waals surface area contributed by atoms with Gasteiger partial charge in [-0.1, -0.05) is 72.8 Å². The van der Waals surface area contributed by atoms with Crippen molar-refractivity contribution in [1.29, 1.82) is 0 Å². The molecule has 1 aliphatic rings. The molecule has 172 valence electrons. The van der Waals surface area contributed by atoms with Crippen molar-refractivity contribution in [2.45, 2.75) is 18.9 Å². The van der Waals surface area contributed by atoms with Crippen LogP contribution in [0.1, 0.15) is 29.2 Å². The number of hydrogen-bond donors (Lipinski definition) is 0. The largest absolute Gasteiger partial charge is 0.493 e. The molecule has 0 saturated carbocycles. The lowest BCUT2D eigenvalue weighted by Crippen LogP contribution is -2.49. The fourth-order valence-corrected chi connectivity index (χ4v) is 4.66. The Balaban J connectivity index is 1.39. The molecule has 4 rings (SSSR count). The Morgan fingerprint density at radius 1 is 0.788 bits per heavy atom. The average Bonchev–Trinajstić information content (AvgIpc) is 2.88. The molecule has 1 fully saturated rings. The van der Waals surface area contributed by atoms with Crippen molar-refractivity contribution in [3.05, 3.63) is 95.6 Å². The molecule has 33 heavy (non-hydrogen) atoms. The monoisotopic (exact) mass is 444 g/mol. The number of piperazine rings is 1. The third-order valence-electron chi connectivity index (χ3n) is 6.36. The minimum atomic E-state index is 0.190. The Bertz CT molecular complexity index is 992. The van der Waals surface area contributed by atoms with E-state index in [1.54, 1.807) is 14.2 Å². The van der Waals surface area contributed by atoms with Crippen molar-refractivity contribution in [3.8, 4) is 11.5 Å². The minimum Gasteiger partial charge on any atom is -0.493 e. The van der Waals surface area contributed by atoms with Crippen LogP contribution in [0.25, 0.3) is 0 Å². The molecule has 0 atom stereocenters. The third kappa shape index (κ3) is 5.37. The zero-order valence-electron chi connectivity index (χ0n) is 19.4. The van der Waals surface area contributed by atoms with Gasteiger partial charge in [-0.15, -0.1) is 0 Å².